The molecular weight excluding hydrogens is 604 g/mol. The van der Waals surface area contributed by atoms with Crippen LogP contribution in [0.4, 0.5) is 11.4 Å². The van der Waals surface area contributed by atoms with E-state index in [-0.39, 0.29) is 0 Å². The maximum Gasteiger partial charge on any atom is 0.146 e. The predicted molar refractivity (Wildman–Crippen MR) is 188 cm³/mol. The fraction of sp³-hybridized carbons (Fsp3) is 0.200. The van der Waals surface area contributed by atoms with Crippen LogP contribution in [-0.2, 0) is 0 Å². The molecule has 6 aromatic rings. The number of hydrogen-bond acceptors (Lipinski definition) is 8. The highest BCUT2D eigenvalue weighted by atomic mass is 16.5. The second kappa shape index (κ2) is 14.3. The lowest BCUT2D eigenvalue weighted by molar-refractivity contribution is 0.247. The van der Waals surface area contributed by atoms with Gasteiger partial charge in [-0.25, -0.2) is 0 Å². The standard InChI is InChI=1S/C40H36N2O6/c1-43-37-19-15-27-13-17-29-25-31(27)39(37)40-32-26-30(18-14-28(32)16-20-38(40)44-2)46-22-8-24-48-36-12-6-4-10-34(36)42-41-33-9-3-5-11-35(33)47-23-7-21-45-29/h3-6,9-20,25-26H,7-8,21-24H2,1-2H3. The van der Waals surface area contributed by atoms with E-state index in [0.717, 1.165) is 55.7 Å². The zero-order chi connectivity index (χ0) is 32.7. The van der Waals surface area contributed by atoms with Gasteiger partial charge in [-0.3, -0.25) is 0 Å². The van der Waals surface area contributed by atoms with Crippen LogP contribution in [0.3, 0.4) is 0 Å². The van der Waals surface area contributed by atoms with Crippen molar-refractivity contribution >= 4 is 32.9 Å². The van der Waals surface area contributed by atoms with Crippen molar-refractivity contribution in [2.24, 2.45) is 10.2 Å². The number of methoxy groups -OCH3 is 2. The van der Waals surface area contributed by atoms with Crippen molar-refractivity contribution < 1.29 is 28.4 Å². The van der Waals surface area contributed by atoms with Crippen molar-refractivity contribution in [3.05, 3.63) is 109 Å². The molecule has 48 heavy (non-hydrogen) atoms. The Morgan fingerprint density at radius 3 is 1.35 bits per heavy atom. The molecule has 7 rings (SSSR count). The van der Waals surface area contributed by atoms with Crippen LogP contribution >= 0.6 is 0 Å². The highest BCUT2D eigenvalue weighted by Crippen LogP contribution is 2.46. The molecule has 4 bridgehead atoms. The van der Waals surface area contributed by atoms with Gasteiger partial charge in [0.15, 0.2) is 0 Å². The normalized spacial score (nSPS) is 13.7. The summed E-state index contributed by atoms with van der Waals surface area (Å²) in [6.45, 7) is 1.85. The van der Waals surface area contributed by atoms with E-state index in [0.29, 0.717) is 62.1 Å². The van der Waals surface area contributed by atoms with Gasteiger partial charge in [-0.1, -0.05) is 48.5 Å². The third-order valence-corrected chi connectivity index (χ3v) is 8.23. The molecule has 0 fully saturated rings. The van der Waals surface area contributed by atoms with Crippen LogP contribution in [-0.4, -0.2) is 40.6 Å². The van der Waals surface area contributed by atoms with Crippen LogP contribution in [0.25, 0.3) is 32.7 Å². The van der Waals surface area contributed by atoms with Gasteiger partial charge in [-0.05, 0) is 82.2 Å². The average molecular weight is 641 g/mol. The first-order valence-corrected chi connectivity index (χ1v) is 16.0. The molecule has 6 aromatic carbocycles. The molecule has 0 N–H and O–H groups in total. The second-order valence-electron chi connectivity index (χ2n) is 11.3. The molecule has 0 saturated heterocycles. The SMILES string of the molecule is COc1ccc2ccc3cc2c1-c1c(OC)ccc2ccc(cc12)OCCCOc1ccccc1N=Nc1ccccc1OCCCO3. The third-order valence-electron chi connectivity index (χ3n) is 8.23. The molecule has 8 nitrogen and oxygen atoms in total. The zero-order valence-electron chi connectivity index (χ0n) is 27.0. The summed E-state index contributed by atoms with van der Waals surface area (Å²) in [7, 11) is 3.38. The van der Waals surface area contributed by atoms with Gasteiger partial charge in [-0.15, -0.1) is 10.2 Å². The van der Waals surface area contributed by atoms with Gasteiger partial charge in [0.25, 0.3) is 0 Å². The minimum atomic E-state index is 0.455. The van der Waals surface area contributed by atoms with Gasteiger partial charge in [0, 0.05) is 24.0 Å². The van der Waals surface area contributed by atoms with E-state index in [1.165, 1.54) is 0 Å². The largest absolute Gasteiger partial charge is 0.496 e. The van der Waals surface area contributed by atoms with Crippen molar-refractivity contribution in [1.29, 1.82) is 0 Å². The molecule has 1 aliphatic heterocycles. The monoisotopic (exact) mass is 640 g/mol. The van der Waals surface area contributed by atoms with Crippen LogP contribution in [0.15, 0.2) is 119 Å². The van der Waals surface area contributed by atoms with Gasteiger partial charge >= 0.3 is 0 Å². The first-order valence-electron chi connectivity index (χ1n) is 16.0. The summed E-state index contributed by atoms with van der Waals surface area (Å²) in [5.41, 5.74) is 3.13. The van der Waals surface area contributed by atoms with Crippen molar-refractivity contribution in [3.63, 3.8) is 0 Å². The van der Waals surface area contributed by atoms with Crippen LogP contribution in [0.5, 0.6) is 34.5 Å². The van der Waals surface area contributed by atoms with Crippen molar-refractivity contribution in [2.45, 2.75) is 12.8 Å². The minimum Gasteiger partial charge on any atom is -0.496 e. The number of azo groups is 1. The molecule has 242 valence electrons. The van der Waals surface area contributed by atoms with E-state index < -0.39 is 0 Å². The highest BCUT2D eigenvalue weighted by Gasteiger charge is 2.20. The molecule has 0 atom stereocenters. The molecule has 0 radical (unpaired) electrons. The van der Waals surface area contributed by atoms with Crippen molar-refractivity contribution in [1.82, 2.24) is 0 Å². The number of ether oxygens (including phenoxy) is 6. The van der Waals surface area contributed by atoms with Crippen LogP contribution in [0.2, 0.25) is 0 Å². The molecule has 1 heterocycles. The van der Waals surface area contributed by atoms with E-state index in [9.17, 15) is 0 Å². The smallest absolute Gasteiger partial charge is 0.146 e. The number of hydrogen-bond donors (Lipinski definition) is 0. The molecule has 0 aromatic heterocycles. The second-order valence-corrected chi connectivity index (χ2v) is 11.3. The average Bonchev–Trinajstić information content (AvgIpc) is 3.13. The Morgan fingerprint density at radius 1 is 0.479 bits per heavy atom. The molecule has 8 heteroatoms. The Labute approximate surface area is 279 Å². The Kier molecular flexibility index (Phi) is 9.22. The van der Waals surface area contributed by atoms with Crippen LogP contribution in [0.1, 0.15) is 12.8 Å². The Balaban J connectivity index is 1.28. The van der Waals surface area contributed by atoms with Gasteiger partial charge in [0.05, 0.1) is 40.6 Å². The minimum absolute atomic E-state index is 0.455. The lowest BCUT2D eigenvalue weighted by atomic mass is 9.92. The quantitative estimate of drug-likeness (QED) is 0.187. The Hall–Kier alpha value is -5.76. The summed E-state index contributed by atoms with van der Waals surface area (Å²) in [6.07, 6.45) is 1.34. The lowest BCUT2D eigenvalue weighted by Gasteiger charge is -2.19. The fourth-order valence-corrected chi connectivity index (χ4v) is 5.89. The van der Waals surface area contributed by atoms with E-state index in [2.05, 4.69) is 46.6 Å². The van der Waals surface area contributed by atoms with E-state index in [1.54, 1.807) is 14.2 Å². The van der Waals surface area contributed by atoms with Crippen LogP contribution in [0, 0.1) is 0 Å². The number of rotatable bonds is 2. The zero-order valence-corrected chi connectivity index (χ0v) is 27.0. The Bertz CT molecular complexity index is 1940. The van der Waals surface area contributed by atoms with Crippen LogP contribution < -0.4 is 28.4 Å². The first-order chi connectivity index (χ1) is 23.7. The number of fused-ring (bicyclic) bond motifs is 5. The molecule has 0 saturated carbocycles. The van der Waals surface area contributed by atoms with Gasteiger partial charge in [0.1, 0.15) is 45.9 Å². The summed E-state index contributed by atoms with van der Waals surface area (Å²) in [4.78, 5) is 0. The summed E-state index contributed by atoms with van der Waals surface area (Å²) < 4.78 is 36.6. The third kappa shape index (κ3) is 6.55. The molecule has 0 spiro atoms. The summed E-state index contributed by atoms with van der Waals surface area (Å²) >= 11 is 0. The van der Waals surface area contributed by atoms with Gasteiger partial charge in [-0.2, -0.15) is 0 Å². The van der Waals surface area contributed by atoms with Gasteiger partial charge < -0.3 is 28.4 Å². The number of nitrogens with zero attached hydrogens (tertiary/aromatic N) is 2. The summed E-state index contributed by atoms with van der Waals surface area (Å²) in [5, 5.41) is 13.1. The van der Waals surface area contributed by atoms with E-state index in [1.807, 2.05) is 72.8 Å². The maximum atomic E-state index is 6.25. The Morgan fingerprint density at radius 2 is 0.896 bits per heavy atom. The lowest BCUT2D eigenvalue weighted by Crippen LogP contribution is -2.05. The molecular formula is C40H36N2O6. The molecule has 1 aliphatic rings. The highest BCUT2D eigenvalue weighted by molar-refractivity contribution is 6.10. The topological polar surface area (TPSA) is 80.1 Å². The number of para-hydroxylation sites is 2. The first kappa shape index (κ1) is 30.9. The molecule has 0 amide bonds. The van der Waals surface area contributed by atoms with E-state index >= 15 is 0 Å². The molecule has 0 unspecified atom stereocenters. The van der Waals surface area contributed by atoms with Gasteiger partial charge in [0.2, 0.25) is 0 Å². The maximum absolute atomic E-state index is 6.25. The summed E-state index contributed by atoms with van der Waals surface area (Å²) in [6, 6.07) is 35.6. The predicted octanol–water partition coefficient (Wildman–Crippen LogP) is 10.1. The van der Waals surface area contributed by atoms with Crippen molar-refractivity contribution in [2.75, 3.05) is 40.6 Å². The van der Waals surface area contributed by atoms with E-state index in [4.69, 9.17) is 28.4 Å². The summed E-state index contributed by atoms with van der Waals surface area (Å²) in [5.74, 6) is 4.29. The molecule has 0 aliphatic carbocycles. The number of benzene rings is 6. The van der Waals surface area contributed by atoms with Crippen molar-refractivity contribution in [3.8, 4) is 45.6 Å². The fourth-order valence-electron chi connectivity index (χ4n) is 5.89.